The number of hydrogen-bond donors (Lipinski definition) is 1. The fraction of sp³-hybridized carbons (Fsp3) is 0.231. The zero-order chi connectivity index (χ0) is 17.0. The molecule has 2 heterocycles. The Balaban J connectivity index is 2.27. The summed E-state index contributed by atoms with van der Waals surface area (Å²) in [7, 11) is 0. The highest BCUT2D eigenvalue weighted by Gasteiger charge is 2.13. The van der Waals surface area contributed by atoms with Crippen LogP contribution in [0.5, 0.6) is 0 Å². The molecule has 2 aromatic heterocycles. The molecule has 0 aromatic carbocycles. The van der Waals surface area contributed by atoms with Crippen molar-refractivity contribution in [2.75, 3.05) is 6.61 Å². The van der Waals surface area contributed by atoms with E-state index < -0.39 is 11.8 Å². The number of ether oxygens (including phenoxy) is 1. The lowest BCUT2D eigenvalue weighted by Gasteiger charge is -2.06. The first-order chi connectivity index (χ1) is 10.9. The monoisotopic (exact) mass is 385 g/mol. The number of rotatable bonds is 5. The third-order valence-corrected chi connectivity index (χ3v) is 3.35. The SMILES string of the molecule is Cc1ccc(Br)nc1-n1cnn(C/C(=C\F)COC(N)=O)c1=O. The van der Waals surface area contributed by atoms with Gasteiger partial charge < -0.3 is 10.5 Å². The number of pyridine rings is 1. The molecule has 0 spiro atoms. The van der Waals surface area contributed by atoms with E-state index in [0.717, 1.165) is 10.2 Å². The number of halogens is 2. The summed E-state index contributed by atoms with van der Waals surface area (Å²) in [6.45, 7) is 1.26. The second-order valence-electron chi connectivity index (χ2n) is 4.59. The number of nitrogens with zero attached hydrogens (tertiary/aromatic N) is 4. The molecule has 2 aromatic rings. The number of aromatic nitrogens is 4. The minimum absolute atomic E-state index is 0.0371. The van der Waals surface area contributed by atoms with Gasteiger partial charge in [-0.2, -0.15) is 5.10 Å². The number of primary amides is 1. The Morgan fingerprint density at radius 2 is 2.26 bits per heavy atom. The van der Waals surface area contributed by atoms with Gasteiger partial charge in [-0.05, 0) is 34.5 Å². The summed E-state index contributed by atoms with van der Waals surface area (Å²) in [6, 6.07) is 3.54. The first-order valence-corrected chi connectivity index (χ1v) is 7.20. The summed E-state index contributed by atoms with van der Waals surface area (Å²) in [4.78, 5) is 27.1. The summed E-state index contributed by atoms with van der Waals surface area (Å²) in [6.07, 6.45) is 0.502. The molecule has 0 saturated carbocycles. The van der Waals surface area contributed by atoms with Crippen molar-refractivity contribution in [3.8, 4) is 5.82 Å². The molecular weight excluding hydrogens is 373 g/mol. The van der Waals surface area contributed by atoms with E-state index >= 15 is 0 Å². The Kier molecular flexibility index (Phi) is 5.27. The minimum Gasteiger partial charge on any atom is -0.445 e. The molecule has 23 heavy (non-hydrogen) atoms. The highest BCUT2D eigenvalue weighted by Crippen LogP contribution is 2.13. The summed E-state index contributed by atoms with van der Waals surface area (Å²) >= 11 is 3.24. The van der Waals surface area contributed by atoms with Crippen LogP contribution < -0.4 is 11.4 Å². The van der Waals surface area contributed by atoms with Crippen LogP contribution in [0.3, 0.4) is 0 Å². The van der Waals surface area contributed by atoms with Crippen LogP contribution in [0.4, 0.5) is 9.18 Å². The first-order valence-electron chi connectivity index (χ1n) is 6.40. The van der Waals surface area contributed by atoms with Gasteiger partial charge in [0, 0.05) is 5.57 Å². The molecule has 0 saturated heterocycles. The van der Waals surface area contributed by atoms with Crippen molar-refractivity contribution in [3.05, 3.63) is 51.0 Å². The van der Waals surface area contributed by atoms with Gasteiger partial charge in [-0.15, -0.1) is 0 Å². The normalized spacial score (nSPS) is 11.5. The molecule has 10 heteroatoms. The molecular formula is C13H13BrFN5O3. The third-order valence-electron chi connectivity index (χ3n) is 2.90. The molecule has 0 fully saturated rings. The molecule has 1 amide bonds. The molecule has 0 aliphatic carbocycles. The molecule has 0 atom stereocenters. The second kappa shape index (κ2) is 7.18. The van der Waals surface area contributed by atoms with E-state index in [0.29, 0.717) is 10.4 Å². The predicted molar refractivity (Wildman–Crippen MR) is 82.8 cm³/mol. The van der Waals surface area contributed by atoms with Gasteiger partial charge in [0.2, 0.25) is 0 Å². The van der Waals surface area contributed by atoms with Crippen molar-refractivity contribution >= 4 is 22.0 Å². The summed E-state index contributed by atoms with van der Waals surface area (Å²) in [5, 5.41) is 3.91. The quantitative estimate of drug-likeness (QED) is 0.784. The summed E-state index contributed by atoms with van der Waals surface area (Å²) in [5.74, 6) is 0.412. The van der Waals surface area contributed by atoms with E-state index in [9.17, 15) is 14.0 Å². The van der Waals surface area contributed by atoms with Crippen LogP contribution in [0.15, 0.2) is 39.8 Å². The summed E-state index contributed by atoms with van der Waals surface area (Å²) < 4.78 is 20.1. The van der Waals surface area contributed by atoms with Gasteiger partial charge >= 0.3 is 11.8 Å². The fourth-order valence-electron chi connectivity index (χ4n) is 1.80. The van der Waals surface area contributed by atoms with Crippen molar-refractivity contribution in [2.45, 2.75) is 13.5 Å². The zero-order valence-electron chi connectivity index (χ0n) is 12.1. The van der Waals surface area contributed by atoms with E-state index in [2.05, 4.69) is 30.7 Å². The fourth-order valence-corrected chi connectivity index (χ4v) is 2.10. The minimum atomic E-state index is -1.03. The Hall–Kier alpha value is -2.49. The van der Waals surface area contributed by atoms with Crippen LogP contribution in [-0.4, -0.2) is 32.0 Å². The smallest absolute Gasteiger partial charge is 0.404 e. The number of nitrogens with two attached hydrogens (primary N) is 1. The number of carbonyl (C=O) groups excluding carboxylic acids is 1. The topological polar surface area (TPSA) is 105 Å². The van der Waals surface area contributed by atoms with Crippen molar-refractivity contribution in [1.82, 2.24) is 19.3 Å². The van der Waals surface area contributed by atoms with Crippen LogP contribution in [0.1, 0.15) is 5.56 Å². The lowest BCUT2D eigenvalue weighted by Crippen LogP contribution is -2.26. The van der Waals surface area contributed by atoms with Crippen LogP contribution in [0.25, 0.3) is 5.82 Å². The average Bonchev–Trinajstić information content (AvgIpc) is 2.86. The van der Waals surface area contributed by atoms with Gasteiger partial charge in [0.25, 0.3) is 0 Å². The molecule has 0 bridgehead atoms. The number of hydrogen-bond acceptors (Lipinski definition) is 5. The predicted octanol–water partition coefficient (Wildman–Crippen LogP) is 1.45. The second-order valence-corrected chi connectivity index (χ2v) is 5.40. The molecule has 0 unspecified atom stereocenters. The van der Waals surface area contributed by atoms with Crippen molar-refractivity contribution in [1.29, 1.82) is 0 Å². The number of carbonyl (C=O) groups is 1. The Bertz CT molecular complexity index is 814. The lowest BCUT2D eigenvalue weighted by molar-refractivity contribution is 0.164. The Labute approximate surface area is 138 Å². The van der Waals surface area contributed by atoms with Gasteiger partial charge in [-0.3, -0.25) is 0 Å². The van der Waals surface area contributed by atoms with Gasteiger partial charge in [-0.25, -0.2) is 28.2 Å². The largest absolute Gasteiger partial charge is 0.445 e. The van der Waals surface area contributed by atoms with Crippen LogP contribution >= 0.6 is 15.9 Å². The summed E-state index contributed by atoms with van der Waals surface area (Å²) in [5.41, 5.74) is 5.12. The van der Waals surface area contributed by atoms with Gasteiger partial charge in [0.1, 0.15) is 23.4 Å². The maximum atomic E-state index is 12.8. The maximum absolute atomic E-state index is 12.8. The Morgan fingerprint density at radius 3 is 2.91 bits per heavy atom. The molecule has 2 N–H and O–H groups in total. The zero-order valence-corrected chi connectivity index (χ0v) is 13.7. The maximum Gasteiger partial charge on any atom is 0.404 e. The number of aryl methyl sites for hydroxylation is 1. The van der Waals surface area contributed by atoms with Crippen molar-refractivity contribution in [2.24, 2.45) is 5.73 Å². The molecule has 122 valence electrons. The van der Waals surface area contributed by atoms with Crippen LogP contribution in [0, 0.1) is 6.92 Å². The van der Waals surface area contributed by atoms with Gasteiger partial charge in [0.15, 0.2) is 0 Å². The standard InChI is InChI=1S/C13H13BrFN5O3/c1-8-2-3-10(14)18-11(8)19-7-17-20(13(19)22)5-9(4-15)6-23-12(16)21/h2-4,7H,5-6H2,1H3,(H2,16,21)/b9-4+. The van der Waals surface area contributed by atoms with E-state index in [1.807, 2.05) is 0 Å². The van der Waals surface area contributed by atoms with Gasteiger partial charge in [0.05, 0.1) is 12.9 Å². The van der Waals surface area contributed by atoms with Crippen molar-refractivity contribution < 1.29 is 13.9 Å². The van der Waals surface area contributed by atoms with E-state index in [1.54, 1.807) is 19.1 Å². The van der Waals surface area contributed by atoms with E-state index in [4.69, 9.17) is 5.73 Å². The molecule has 2 rings (SSSR count). The highest BCUT2D eigenvalue weighted by atomic mass is 79.9. The molecule has 0 aliphatic heterocycles. The average molecular weight is 386 g/mol. The van der Waals surface area contributed by atoms with Gasteiger partial charge in [-0.1, -0.05) is 6.07 Å². The first kappa shape index (κ1) is 16.9. The lowest BCUT2D eigenvalue weighted by atomic mass is 10.3. The van der Waals surface area contributed by atoms with Crippen LogP contribution in [-0.2, 0) is 11.3 Å². The van der Waals surface area contributed by atoms with E-state index in [1.165, 1.54) is 10.9 Å². The third kappa shape index (κ3) is 4.03. The Morgan fingerprint density at radius 1 is 1.52 bits per heavy atom. The highest BCUT2D eigenvalue weighted by molar-refractivity contribution is 9.10. The molecule has 0 aliphatic rings. The molecule has 0 radical (unpaired) electrons. The van der Waals surface area contributed by atoms with Crippen LogP contribution in [0.2, 0.25) is 0 Å². The van der Waals surface area contributed by atoms with E-state index in [-0.39, 0.29) is 25.1 Å². The van der Waals surface area contributed by atoms with Crippen molar-refractivity contribution in [3.63, 3.8) is 0 Å². The number of amides is 1. The molecule has 8 nitrogen and oxygen atoms in total.